The van der Waals surface area contributed by atoms with Crippen LogP contribution in [-0.2, 0) is 74.5 Å². The maximum atomic E-state index is 14.7. The molecule has 3 heterocycles. The topological polar surface area (TPSA) is 89.9 Å². The van der Waals surface area contributed by atoms with Crippen LogP contribution in [0.25, 0.3) is 77.0 Å². The number of carbonyl (C=O) groups is 2. The first-order valence-electron chi connectivity index (χ1n) is 34.2. The molecule has 0 saturated heterocycles. The van der Waals surface area contributed by atoms with E-state index < -0.39 is 7.14 Å². The third-order valence-corrected chi connectivity index (χ3v) is 22.7. The Bertz CT molecular complexity index is 4710. The van der Waals surface area contributed by atoms with Gasteiger partial charge in [0.25, 0.3) is 0 Å². The SMILES string of the molecule is CC(=O)CC(C)=O.Cc1[c-]c(-c2ccc3c(C4C5CC6CC(C5)CC4C6)cccc3n2)cc(C2CCCCC2)c1.O=P(c1[c-]cccc1)(c1ccc2ccccc2c1)c1ccc2ccccc2c1.[Ir].[Ir].[Ir].[c-]1ccc2ccccc2c1-c1ccccn1.[c-]1ccccc1-c1ccccn1. The summed E-state index contributed by atoms with van der Waals surface area (Å²) in [7, 11) is -3.04. The fourth-order valence-corrected chi connectivity index (χ4v) is 18.3. The van der Waals surface area contributed by atoms with Gasteiger partial charge in [-0.15, -0.1) is 99.9 Å². The predicted molar refractivity (Wildman–Crippen MR) is 397 cm³/mol. The van der Waals surface area contributed by atoms with Gasteiger partial charge in [0.2, 0.25) is 0 Å². The molecular weight excluding hydrogens is 1770 g/mol. The van der Waals surface area contributed by atoms with E-state index in [0.29, 0.717) is 0 Å². The average molecular weight is 1850 g/mol. The zero-order chi connectivity index (χ0) is 65.8. The Kier molecular flexibility index (Phi) is 26.1. The second kappa shape index (κ2) is 35.0. The van der Waals surface area contributed by atoms with E-state index in [0.717, 1.165) is 101 Å². The maximum absolute atomic E-state index is 14.7. The fourth-order valence-electron chi connectivity index (χ4n) is 15.7. The van der Waals surface area contributed by atoms with E-state index in [4.69, 9.17) is 4.98 Å². The number of Topliss-reactive ketones (excluding diaryl/α,β-unsaturated/α-hetero) is 2. The molecule has 5 aliphatic carbocycles. The first kappa shape index (κ1) is 73.9. The number of benzene rings is 10. The van der Waals surface area contributed by atoms with E-state index in [1.807, 2.05) is 146 Å². The minimum absolute atomic E-state index is 0. The Morgan fingerprint density at radius 3 is 1.62 bits per heavy atom. The number of ketones is 2. The normalized spacial score (nSPS) is 17.2. The van der Waals surface area contributed by atoms with Crippen LogP contribution < -0.4 is 15.9 Å². The molecule has 6 nitrogen and oxygen atoms in total. The van der Waals surface area contributed by atoms with Gasteiger partial charge in [-0.3, -0.25) is 14.6 Å². The van der Waals surface area contributed by atoms with Crippen LogP contribution in [0.2, 0.25) is 0 Å². The molecule has 0 N–H and O–H groups in total. The average Bonchev–Trinajstić information content (AvgIpc) is 0.750. The van der Waals surface area contributed by atoms with Crippen molar-refractivity contribution < 1.29 is 74.5 Å². The van der Waals surface area contributed by atoms with Crippen molar-refractivity contribution in [1.82, 2.24) is 15.0 Å². The van der Waals surface area contributed by atoms with Crippen molar-refractivity contribution in [2.75, 3.05) is 0 Å². The van der Waals surface area contributed by atoms with Gasteiger partial charge in [-0.25, -0.2) is 0 Å². The Morgan fingerprint density at radius 1 is 0.465 bits per heavy atom. The molecule has 5 saturated carbocycles. The first-order valence-corrected chi connectivity index (χ1v) is 35.9. The van der Waals surface area contributed by atoms with Crippen LogP contribution in [0.5, 0.6) is 0 Å². The summed E-state index contributed by atoms with van der Waals surface area (Å²) in [5.74, 6) is 5.23. The van der Waals surface area contributed by atoms with E-state index >= 15 is 0 Å². The molecule has 0 spiro atoms. The van der Waals surface area contributed by atoms with Gasteiger partial charge in [-0.05, 0) is 169 Å². The van der Waals surface area contributed by atoms with E-state index in [1.54, 1.807) is 11.8 Å². The standard InChI is InChI=1S/C32H36N.C26H18OP.C15H10N.C11H8N.C5H8O2.3Ir/c1-20-12-24(23-6-3-2-4-7-23)19-25(13-20)30-11-10-28-29(8-5-9-31(28)33-30)32-26-15-21-14-22(17-26)18-27(32)16-21;27-28(24-12-2-1-3-13-24,25-16-14-20-8-4-6-10-22(20)18-25)26-17-15-21-9-5-7-11-23(21)19-26;1-2-8-13-12(6-1)7-5-9-14(13)15-10-3-4-11-16-15;1-2-6-10(7-3-1)11-8-4-5-9-12-11;1-4(6)3-5(2)7;;;/h5,8-12,19,21-23,26-27,32H,2-4,6-7,14-18H2,1H3;1-12,14-19H;1-8,10-11H;1-6,8-9H;3H2,1-2H3;;;/q4*-1;;;;. The largest absolute Gasteiger partial charge is 0.311 e. The summed E-state index contributed by atoms with van der Waals surface area (Å²) in [6.45, 7) is 5.00. The van der Waals surface area contributed by atoms with Crippen LogP contribution in [0.15, 0.2) is 261 Å². The van der Waals surface area contributed by atoms with Gasteiger partial charge >= 0.3 is 0 Å². The van der Waals surface area contributed by atoms with E-state index in [9.17, 15) is 14.2 Å². The summed E-state index contributed by atoms with van der Waals surface area (Å²) in [6, 6.07) is 97.8. The Morgan fingerprint density at radius 2 is 1.04 bits per heavy atom. The maximum Gasteiger partial charge on any atom is 0.147 e. The van der Waals surface area contributed by atoms with Gasteiger partial charge in [0.15, 0.2) is 0 Å². The number of hydrogen-bond acceptors (Lipinski definition) is 6. The van der Waals surface area contributed by atoms with Gasteiger partial charge in [0, 0.05) is 88.7 Å². The van der Waals surface area contributed by atoms with Crippen molar-refractivity contribution in [3.05, 3.63) is 302 Å². The molecule has 505 valence electrons. The van der Waals surface area contributed by atoms with Gasteiger partial charge in [-0.2, -0.15) is 30.3 Å². The second-order valence-electron chi connectivity index (χ2n) is 26.6. The number of nitrogens with zero attached hydrogens (tertiary/aromatic N) is 3. The molecule has 5 fully saturated rings. The zero-order valence-electron chi connectivity index (χ0n) is 56.1. The molecule has 3 aromatic heterocycles. The zero-order valence-corrected chi connectivity index (χ0v) is 64.2. The minimum Gasteiger partial charge on any atom is -0.311 e. The summed E-state index contributed by atoms with van der Waals surface area (Å²) in [5.41, 5.74) is 11.8. The summed E-state index contributed by atoms with van der Waals surface area (Å²) in [6.07, 6.45) is 17.9. The van der Waals surface area contributed by atoms with Crippen LogP contribution in [-0.4, -0.2) is 26.5 Å². The molecule has 0 aliphatic heterocycles. The summed E-state index contributed by atoms with van der Waals surface area (Å²) in [5, 5.41) is 10.7. The number of aryl methyl sites for hydroxylation is 1. The third kappa shape index (κ3) is 17.9. The van der Waals surface area contributed by atoms with Crippen LogP contribution >= 0.6 is 7.14 Å². The second-order valence-corrected chi connectivity index (χ2v) is 29.3. The number of fused-ring (bicyclic) bond motifs is 4. The molecule has 0 unspecified atom stereocenters. The van der Waals surface area contributed by atoms with Crippen molar-refractivity contribution in [3.63, 3.8) is 0 Å². The van der Waals surface area contributed by atoms with Crippen LogP contribution in [0.4, 0.5) is 0 Å². The van der Waals surface area contributed by atoms with Crippen molar-refractivity contribution in [2.24, 2.45) is 23.7 Å². The molecule has 5 aliphatic rings. The summed E-state index contributed by atoms with van der Waals surface area (Å²) in [4.78, 5) is 33.9. The van der Waals surface area contributed by atoms with Crippen LogP contribution in [0.3, 0.4) is 0 Å². The molecule has 4 bridgehead atoms. The number of carbonyl (C=O) groups excluding carboxylic acids is 2. The summed E-state index contributed by atoms with van der Waals surface area (Å²) < 4.78 is 14.7. The third-order valence-electron chi connectivity index (χ3n) is 19.7. The summed E-state index contributed by atoms with van der Waals surface area (Å²) >= 11 is 0. The quantitative estimate of drug-likeness (QED) is 0.0770. The Hall–Kier alpha value is -7.79. The minimum atomic E-state index is -3.04. The molecule has 10 aromatic carbocycles. The molecule has 10 heteroatoms. The van der Waals surface area contributed by atoms with Gasteiger partial charge in [-0.1, -0.05) is 182 Å². The Balaban J connectivity index is 0.000000145. The number of aromatic nitrogens is 3. The predicted octanol–water partition coefficient (Wildman–Crippen LogP) is 20.8. The number of pyridine rings is 3. The molecule has 13 aromatic rings. The van der Waals surface area contributed by atoms with Crippen molar-refractivity contribution >= 4 is 77.8 Å². The van der Waals surface area contributed by atoms with E-state index in [1.165, 1.54) is 116 Å². The molecule has 99 heavy (non-hydrogen) atoms. The number of hydrogen-bond donors (Lipinski definition) is 0. The van der Waals surface area contributed by atoms with Gasteiger partial charge in [0.1, 0.15) is 18.7 Å². The first-order chi connectivity index (χ1) is 47.0. The van der Waals surface area contributed by atoms with Crippen molar-refractivity contribution in [1.29, 1.82) is 0 Å². The molecular formula is C89H80Ir3N3O3P-4. The van der Waals surface area contributed by atoms with E-state index in [2.05, 4.69) is 150 Å². The smallest absolute Gasteiger partial charge is 0.147 e. The molecule has 3 radical (unpaired) electrons. The van der Waals surface area contributed by atoms with Crippen LogP contribution in [0, 0.1) is 54.9 Å². The molecule has 0 amide bonds. The number of rotatable bonds is 10. The molecule has 0 atom stereocenters. The van der Waals surface area contributed by atoms with Crippen molar-refractivity contribution in [3.8, 4) is 33.8 Å². The van der Waals surface area contributed by atoms with E-state index in [-0.39, 0.29) is 78.3 Å². The molecule has 18 rings (SSSR count). The van der Waals surface area contributed by atoms with Gasteiger partial charge in [0.05, 0.1) is 11.9 Å². The Labute approximate surface area is 624 Å². The monoisotopic (exact) mass is 1850 g/mol. The van der Waals surface area contributed by atoms with Crippen LogP contribution in [0.1, 0.15) is 113 Å². The van der Waals surface area contributed by atoms with Gasteiger partial charge < -0.3 is 14.5 Å². The fraction of sp³-hybridized carbons (Fsp3) is 0.225. The van der Waals surface area contributed by atoms with Crippen molar-refractivity contribution in [2.45, 2.75) is 103 Å².